The van der Waals surface area contributed by atoms with Gasteiger partial charge in [0, 0.05) is 63.3 Å². The summed E-state index contributed by atoms with van der Waals surface area (Å²) in [6.07, 6.45) is 7.25. The van der Waals surface area contributed by atoms with Gasteiger partial charge in [-0.25, -0.2) is 4.68 Å². The molecule has 3 heterocycles. The van der Waals surface area contributed by atoms with Crippen LogP contribution in [-0.2, 0) is 6.54 Å². The number of piperidine rings is 1. The van der Waals surface area contributed by atoms with Gasteiger partial charge in [-0.1, -0.05) is 6.07 Å². The monoisotopic (exact) mass is 439 g/mol. The Kier molecular flexibility index (Phi) is 7.66. The zero-order valence-corrected chi connectivity index (χ0v) is 20.4. The molecule has 2 fully saturated rings. The number of nitrogens with zero attached hydrogens (tertiary/aromatic N) is 5. The molecule has 2 saturated heterocycles. The number of aliphatic hydroxyl groups is 1. The Labute approximate surface area is 193 Å². The van der Waals surface area contributed by atoms with Crippen molar-refractivity contribution in [3.05, 3.63) is 47.3 Å². The molecular weight excluding hydrogens is 398 g/mol. The van der Waals surface area contributed by atoms with Crippen LogP contribution in [0.25, 0.3) is 5.69 Å². The number of aryl methyl sites for hydroxylation is 2. The van der Waals surface area contributed by atoms with Gasteiger partial charge in [0.25, 0.3) is 0 Å². The highest BCUT2D eigenvalue weighted by molar-refractivity contribution is 5.48. The van der Waals surface area contributed by atoms with Crippen LogP contribution in [0.15, 0.2) is 30.6 Å². The molecule has 1 aromatic carbocycles. The van der Waals surface area contributed by atoms with Gasteiger partial charge in [-0.2, -0.15) is 5.10 Å². The lowest BCUT2D eigenvalue weighted by Gasteiger charge is -2.48. The highest BCUT2D eigenvalue weighted by Crippen LogP contribution is 2.27. The van der Waals surface area contributed by atoms with E-state index in [-0.39, 0.29) is 6.61 Å². The maximum Gasteiger partial charge on any atom is 0.0695 e. The fourth-order valence-electron chi connectivity index (χ4n) is 5.72. The molecule has 1 atom stereocenters. The minimum absolute atomic E-state index is 0.266. The molecule has 0 spiro atoms. The summed E-state index contributed by atoms with van der Waals surface area (Å²) < 4.78 is 2.00. The summed E-state index contributed by atoms with van der Waals surface area (Å²) in [6.45, 7) is 15.8. The molecule has 0 saturated carbocycles. The minimum atomic E-state index is 0.266. The summed E-state index contributed by atoms with van der Waals surface area (Å²) in [5.74, 6) is 0. The van der Waals surface area contributed by atoms with Crippen LogP contribution in [0, 0.1) is 13.8 Å². The standard InChI is InChI=1S/C26H41N5O/c1-20(2)29-11-6-23(7-12-29)30-14-13-28(18-24(30)8-15-32)19-25-22(4)16-21(3)17-26(25)31-10-5-9-27-31/h5,9-10,16-17,20,23-24,32H,6-8,11-15,18-19H2,1-4H3. The van der Waals surface area contributed by atoms with E-state index in [1.165, 1.54) is 48.3 Å². The second-order valence-electron chi connectivity index (χ2n) is 10.0. The first kappa shape index (κ1) is 23.4. The molecule has 1 N–H and O–H groups in total. The number of aromatic nitrogens is 2. The first-order valence-corrected chi connectivity index (χ1v) is 12.4. The molecule has 2 aromatic rings. The van der Waals surface area contributed by atoms with Gasteiger partial charge in [-0.15, -0.1) is 0 Å². The second-order valence-corrected chi connectivity index (χ2v) is 10.0. The van der Waals surface area contributed by atoms with Gasteiger partial charge in [0.15, 0.2) is 0 Å². The molecule has 1 unspecified atom stereocenters. The van der Waals surface area contributed by atoms with Crippen molar-refractivity contribution < 1.29 is 5.11 Å². The van der Waals surface area contributed by atoms with Crippen LogP contribution < -0.4 is 0 Å². The molecule has 32 heavy (non-hydrogen) atoms. The molecule has 0 amide bonds. The molecule has 1 aromatic heterocycles. The average molecular weight is 440 g/mol. The van der Waals surface area contributed by atoms with E-state index in [2.05, 4.69) is 59.6 Å². The Hall–Kier alpha value is -1.73. The molecule has 6 heteroatoms. The van der Waals surface area contributed by atoms with Crippen molar-refractivity contribution in [1.82, 2.24) is 24.5 Å². The Morgan fingerprint density at radius 3 is 2.53 bits per heavy atom. The second kappa shape index (κ2) is 10.5. The number of benzene rings is 1. The van der Waals surface area contributed by atoms with Crippen molar-refractivity contribution in [2.24, 2.45) is 0 Å². The van der Waals surface area contributed by atoms with Crippen LogP contribution in [0.5, 0.6) is 0 Å². The molecule has 6 nitrogen and oxygen atoms in total. The van der Waals surface area contributed by atoms with E-state index >= 15 is 0 Å². The molecule has 0 aliphatic carbocycles. The van der Waals surface area contributed by atoms with E-state index in [0.717, 1.165) is 32.6 Å². The lowest BCUT2D eigenvalue weighted by Crippen LogP contribution is -2.58. The quantitative estimate of drug-likeness (QED) is 0.718. The summed E-state index contributed by atoms with van der Waals surface area (Å²) in [5.41, 5.74) is 5.15. The molecule has 0 radical (unpaired) electrons. The van der Waals surface area contributed by atoms with Gasteiger partial charge in [-0.05, 0) is 88.9 Å². The van der Waals surface area contributed by atoms with Crippen LogP contribution in [0.1, 0.15) is 49.8 Å². The third-order valence-corrected chi connectivity index (χ3v) is 7.50. The van der Waals surface area contributed by atoms with Crippen molar-refractivity contribution in [3.63, 3.8) is 0 Å². The van der Waals surface area contributed by atoms with E-state index < -0.39 is 0 Å². The van der Waals surface area contributed by atoms with Gasteiger partial charge >= 0.3 is 0 Å². The summed E-state index contributed by atoms with van der Waals surface area (Å²) in [6, 6.07) is 8.25. The number of piperazine rings is 1. The fourth-order valence-corrected chi connectivity index (χ4v) is 5.72. The predicted octanol–water partition coefficient (Wildman–Crippen LogP) is 3.23. The van der Waals surface area contributed by atoms with Crippen LogP contribution in [0.3, 0.4) is 0 Å². The zero-order chi connectivity index (χ0) is 22.7. The molecule has 4 rings (SSSR count). The molecular formula is C26H41N5O. The summed E-state index contributed by atoms with van der Waals surface area (Å²) >= 11 is 0. The van der Waals surface area contributed by atoms with Crippen LogP contribution >= 0.6 is 0 Å². The maximum absolute atomic E-state index is 9.80. The van der Waals surface area contributed by atoms with Crippen LogP contribution in [0.4, 0.5) is 0 Å². The number of likely N-dealkylation sites (tertiary alicyclic amines) is 1. The number of hydrogen-bond donors (Lipinski definition) is 1. The summed E-state index contributed by atoms with van der Waals surface area (Å²) in [5, 5.41) is 14.3. The predicted molar refractivity (Wildman–Crippen MR) is 130 cm³/mol. The Morgan fingerprint density at radius 2 is 1.88 bits per heavy atom. The Balaban J connectivity index is 1.46. The lowest BCUT2D eigenvalue weighted by molar-refractivity contribution is -0.0000871. The molecule has 176 valence electrons. The van der Waals surface area contributed by atoms with Gasteiger partial charge < -0.3 is 10.0 Å². The van der Waals surface area contributed by atoms with Crippen molar-refractivity contribution in [2.75, 3.05) is 39.3 Å². The third-order valence-electron chi connectivity index (χ3n) is 7.50. The topological polar surface area (TPSA) is 47.8 Å². The van der Waals surface area contributed by atoms with E-state index in [9.17, 15) is 5.11 Å². The van der Waals surface area contributed by atoms with Crippen molar-refractivity contribution in [3.8, 4) is 5.69 Å². The number of hydrogen-bond acceptors (Lipinski definition) is 5. The third kappa shape index (κ3) is 5.25. The minimum Gasteiger partial charge on any atom is -0.396 e. The highest BCUT2D eigenvalue weighted by atomic mass is 16.3. The first-order valence-electron chi connectivity index (χ1n) is 12.4. The van der Waals surface area contributed by atoms with E-state index in [1.807, 2.05) is 23.1 Å². The van der Waals surface area contributed by atoms with Gasteiger partial charge in [0.05, 0.1) is 5.69 Å². The lowest BCUT2D eigenvalue weighted by atomic mass is 9.96. The van der Waals surface area contributed by atoms with E-state index in [1.54, 1.807) is 0 Å². The van der Waals surface area contributed by atoms with Crippen molar-refractivity contribution >= 4 is 0 Å². The highest BCUT2D eigenvalue weighted by Gasteiger charge is 2.34. The first-order chi connectivity index (χ1) is 15.5. The van der Waals surface area contributed by atoms with Gasteiger partial charge in [0.2, 0.25) is 0 Å². The van der Waals surface area contributed by atoms with E-state index in [0.29, 0.717) is 18.1 Å². The van der Waals surface area contributed by atoms with E-state index in [4.69, 9.17) is 0 Å². The van der Waals surface area contributed by atoms with Gasteiger partial charge in [0.1, 0.15) is 0 Å². The normalized spacial score (nSPS) is 22.1. The maximum atomic E-state index is 9.80. The van der Waals surface area contributed by atoms with Crippen molar-refractivity contribution in [1.29, 1.82) is 0 Å². The van der Waals surface area contributed by atoms with Gasteiger partial charge in [-0.3, -0.25) is 9.80 Å². The Bertz CT molecular complexity index is 857. The average Bonchev–Trinajstić information content (AvgIpc) is 3.31. The molecule has 2 aliphatic heterocycles. The zero-order valence-electron chi connectivity index (χ0n) is 20.4. The number of rotatable bonds is 7. The van der Waals surface area contributed by atoms with Crippen molar-refractivity contribution in [2.45, 2.75) is 71.6 Å². The molecule has 0 bridgehead atoms. The fraction of sp³-hybridized carbons (Fsp3) is 0.654. The largest absolute Gasteiger partial charge is 0.396 e. The number of aliphatic hydroxyl groups excluding tert-OH is 1. The SMILES string of the molecule is Cc1cc(C)c(CN2CCN(C3CCN(C(C)C)CC3)C(CCO)C2)c(-n2cccn2)c1. The summed E-state index contributed by atoms with van der Waals surface area (Å²) in [7, 11) is 0. The van der Waals surface area contributed by atoms with Crippen LogP contribution in [0.2, 0.25) is 0 Å². The summed E-state index contributed by atoms with van der Waals surface area (Å²) in [4.78, 5) is 7.91. The molecule has 2 aliphatic rings. The Morgan fingerprint density at radius 1 is 1.09 bits per heavy atom. The smallest absolute Gasteiger partial charge is 0.0695 e. The van der Waals surface area contributed by atoms with Crippen LogP contribution in [-0.4, -0.2) is 87.0 Å².